The summed E-state index contributed by atoms with van der Waals surface area (Å²) in [6.45, 7) is 1.87. The molecule has 0 aliphatic heterocycles. The topological polar surface area (TPSA) is 92.2 Å². The van der Waals surface area contributed by atoms with E-state index in [2.05, 4.69) is 15.3 Å². The summed E-state index contributed by atoms with van der Waals surface area (Å²) in [6, 6.07) is 0. The van der Waals surface area contributed by atoms with Gasteiger partial charge in [-0.05, 0) is 18.8 Å². The quantitative estimate of drug-likeness (QED) is 0.856. The first kappa shape index (κ1) is 13.5. The molecule has 1 aliphatic rings. The van der Waals surface area contributed by atoms with E-state index in [1.165, 1.54) is 18.6 Å². The monoisotopic (exact) mass is 263 g/mol. The molecule has 0 saturated heterocycles. The van der Waals surface area contributed by atoms with Crippen molar-refractivity contribution in [3.8, 4) is 0 Å². The molecular weight excluding hydrogens is 246 g/mol. The van der Waals surface area contributed by atoms with Crippen molar-refractivity contribution >= 4 is 11.9 Å². The number of carboxylic acids is 1. The van der Waals surface area contributed by atoms with Crippen LogP contribution >= 0.6 is 0 Å². The fourth-order valence-electron chi connectivity index (χ4n) is 2.59. The average Bonchev–Trinajstić information content (AvgIpc) is 2.42. The van der Waals surface area contributed by atoms with Crippen molar-refractivity contribution in [2.24, 2.45) is 5.92 Å². The molecule has 2 N–H and O–H groups in total. The normalized spacial score (nSPS) is 26.7. The lowest BCUT2D eigenvalue weighted by molar-refractivity contribution is -0.148. The molecule has 2 atom stereocenters. The van der Waals surface area contributed by atoms with Crippen LogP contribution in [0.15, 0.2) is 18.6 Å². The van der Waals surface area contributed by atoms with Gasteiger partial charge in [0.05, 0.1) is 6.20 Å². The van der Waals surface area contributed by atoms with Gasteiger partial charge >= 0.3 is 5.97 Å². The first-order valence-electron chi connectivity index (χ1n) is 6.38. The largest absolute Gasteiger partial charge is 0.479 e. The van der Waals surface area contributed by atoms with Crippen LogP contribution in [0.2, 0.25) is 0 Å². The third-order valence-electron chi connectivity index (χ3n) is 3.81. The molecule has 6 heteroatoms. The Morgan fingerprint density at radius 1 is 1.42 bits per heavy atom. The van der Waals surface area contributed by atoms with Crippen molar-refractivity contribution in [3.05, 3.63) is 24.3 Å². The molecular formula is C13H17N3O3. The number of rotatable bonds is 3. The lowest BCUT2D eigenvalue weighted by Crippen LogP contribution is -2.60. The molecule has 1 heterocycles. The summed E-state index contributed by atoms with van der Waals surface area (Å²) < 4.78 is 0. The lowest BCUT2D eigenvalue weighted by atomic mass is 9.73. The van der Waals surface area contributed by atoms with Gasteiger partial charge in [-0.25, -0.2) is 9.78 Å². The Labute approximate surface area is 111 Å². The van der Waals surface area contributed by atoms with E-state index in [4.69, 9.17) is 0 Å². The molecule has 2 rings (SSSR count). The van der Waals surface area contributed by atoms with E-state index in [-0.39, 0.29) is 11.6 Å². The van der Waals surface area contributed by atoms with E-state index in [1.807, 2.05) is 6.92 Å². The van der Waals surface area contributed by atoms with E-state index in [1.54, 1.807) is 0 Å². The zero-order valence-corrected chi connectivity index (χ0v) is 10.8. The molecule has 0 spiro atoms. The van der Waals surface area contributed by atoms with Gasteiger partial charge in [-0.3, -0.25) is 9.78 Å². The van der Waals surface area contributed by atoms with Crippen molar-refractivity contribution in [1.29, 1.82) is 0 Å². The Hall–Kier alpha value is -1.98. The number of nitrogens with zero attached hydrogens (tertiary/aromatic N) is 2. The number of aromatic nitrogens is 2. The van der Waals surface area contributed by atoms with Crippen molar-refractivity contribution < 1.29 is 14.7 Å². The third kappa shape index (κ3) is 2.57. The summed E-state index contributed by atoms with van der Waals surface area (Å²) >= 11 is 0. The van der Waals surface area contributed by atoms with Gasteiger partial charge in [0, 0.05) is 12.4 Å². The highest BCUT2D eigenvalue weighted by molar-refractivity contribution is 5.96. The smallest absolute Gasteiger partial charge is 0.329 e. The maximum absolute atomic E-state index is 12.1. The summed E-state index contributed by atoms with van der Waals surface area (Å²) in [4.78, 5) is 31.4. The fraction of sp³-hybridized carbons (Fsp3) is 0.538. The summed E-state index contributed by atoms with van der Waals surface area (Å²) in [5, 5.41) is 12.2. The van der Waals surface area contributed by atoms with Crippen LogP contribution in [0, 0.1) is 5.92 Å². The number of hydrogen-bond donors (Lipinski definition) is 2. The Balaban J connectivity index is 2.22. The second-order valence-electron chi connectivity index (χ2n) is 4.97. The molecule has 19 heavy (non-hydrogen) atoms. The van der Waals surface area contributed by atoms with Crippen LogP contribution in [0.5, 0.6) is 0 Å². The van der Waals surface area contributed by atoms with Crippen LogP contribution in [0.3, 0.4) is 0 Å². The summed E-state index contributed by atoms with van der Waals surface area (Å²) in [5.41, 5.74) is -1.05. The van der Waals surface area contributed by atoms with Crippen LogP contribution in [0.4, 0.5) is 0 Å². The number of amides is 1. The van der Waals surface area contributed by atoms with Crippen LogP contribution in [-0.4, -0.2) is 32.5 Å². The molecule has 2 unspecified atom stereocenters. The van der Waals surface area contributed by atoms with Crippen molar-refractivity contribution in [1.82, 2.24) is 15.3 Å². The fourth-order valence-corrected chi connectivity index (χ4v) is 2.59. The molecule has 1 saturated carbocycles. The highest BCUT2D eigenvalue weighted by Crippen LogP contribution is 2.34. The summed E-state index contributed by atoms with van der Waals surface area (Å²) in [5.74, 6) is -1.56. The number of nitrogens with one attached hydrogen (secondary N) is 1. The van der Waals surface area contributed by atoms with Crippen LogP contribution in [-0.2, 0) is 4.79 Å². The van der Waals surface area contributed by atoms with E-state index in [0.717, 1.165) is 19.3 Å². The van der Waals surface area contributed by atoms with Crippen molar-refractivity contribution in [3.63, 3.8) is 0 Å². The standard InChI is InChI=1S/C13H17N3O3/c1-9-4-2-3-5-13(9,12(18)19)16-11(17)10-8-14-6-7-15-10/h6-9H,2-5H2,1H3,(H,16,17)(H,18,19). The zero-order valence-electron chi connectivity index (χ0n) is 10.8. The molecule has 0 radical (unpaired) electrons. The number of hydrogen-bond acceptors (Lipinski definition) is 4. The first-order valence-corrected chi connectivity index (χ1v) is 6.38. The third-order valence-corrected chi connectivity index (χ3v) is 3.81. The minimum atomic E-state index is -1.19. The molecule has 1 aromatic rings. The molecule has 1 aliphatic carbocycles. The predicted molar refractivity (Wildman–Crippen MR) is 67.5 cm³/mol. The first-order chi connectivity index (χ1) is 9.06. The van der Waals surface area contributed by atoms with E-state index in [0.29, 0.717) is 6.42 Å². The van der Waals surface area contributed by atoms with Gasteiger partial charge < -0.3 is 10.4 Å². The minimum absolute atomic E-state index is 0.0978. The van der Waals surface area contributed by atoms with E-state index < -0.39 is 17.4 Å². The van der Waals surface area contributed by atoms with Crippen LogP contribution < -0.4 is 5.32 Å². The highest BCUT2D eigenvalue weighted by Gasteiger charge is 2.46. The van der Waals surface area contributed by atoms with Crippen molar-refractivity contribution in [2.45, 2.75) is 38.1 Å². The number of carboxylic acid groups (broad SMARTS) is 1. The number of carbonyl (C=O) groups excluding carboxylic acids is 1. The molecule has 102 valence electrons. The second-order valence-corrected chi connectivity index (χ2v) is 4.97. The van der Waals surface area contributed by atoms with Gasteiger partial charge in [0.2, 0.25) is 0 Å². The Bertz CT molecular complexity index is 477. The van der Waals surface area contributed by atoms with Crippen molar-refractivity contribution in [2.75, 3.05) is 0 Å². The number of aliphatic carboxylic acids is 1. The Morgan fingerprint density at radius 3 is 2.79 bits per heavy atom. The number of carbonyl (C=O) groups is 2. The van der Waals surface area contributed by atoms with Gasteiger partial charge in [0.25, 0.3) is 5.91 Å². The SMILES string of the molecule is CC1CCCCC1(NC(=O)c1cnccn1)C(=O)O. The molecule has 6 nitrogen and oxygen atoms in total. The zero-order chi connectivity index (χ0) is 13.9. The lowest BCUT2D eigenvalue weighted by Gasteiger charge is -2.39. The van der Waals surface area contributed by atoms with Gasteiger partial charge in [0.15, 0.2) is 0 Å². The summed E-state index contributed by atoms with van der Waals surface area (Å²) in [6.07, 6.45) is 7.26. The van der Waals surface area contributed by atoms with Gasteiger partial charge in [-0.15, -0.1) is 0 Å². The van der Waals surface area contributed by atoms with Gasteiger partial charge in [0.1, 0.15) is 11.2 Å². The van der Waals surface area contributed by atoms with Gasteiger partial charge in [-0.2, -0.15) is 0 Å². The van der Waals surface area contributed by atoms with Gasteiger partial charge in [-0.1, -0.05) is 19.8 Å². The maximum atomic E-state index is 12.1. The molecule has 1 fully saturated rings. The van der Waals surface area contributed by atoms with E-state index in [9.17, 15) is 14.7 Å². The minimum Gasteiger partial charge on any atom is -0.479 e. The van der Waals surface area contributed by atoms with Crippen LogP contribution in [0.25, 0.3) is 0 Å². The molecule has 1 aromatic heterocycles. The summed E-state index contributed by atoms with van der Waals surface area (Å²) in [7, 11) is 0. The molecule has 0 bridgehead atoms. The maximum Gasteiger partial charge on any atom is 0.329 e. The Kier molecular flexibility index (Phi) is 3.78. The van der Waals surface area contributed by atoms with E-state index >= 15 is 0 Å². The van der Waals surface area contributed by atoms with Crippen LogP contribution in [0.1, 0.15) is 43.1 Å². The predicted octanol–water partition coefficient (Wildman–Crippen LogP) is 1.24. The Morgan fingerprint density at radius 2 is 2.21 bits per heavy atom. The highest BCUT2D eigenvalue weighted by atomic mass is 16.4. The second kappa shape index (κ2) is 5.34. The molecule has 0 aromatic carbocycles. The average molecular weight is 263 g/mol. The molecule has 1 amide bonds.